The zero-order chi connectivity index (χ0) is 24.7. The summed E-state index contributed by atoms with van der Waals surface area (Å²) in [4.78, 5) is 13.3. The number of ether oxygens (including phenoxy) is 3. The van der Waals surface area contributed by atoms with Crippen LogP contribution in [0.1, 0.15) is 11.1 Å². The highest BCUT2D eigenvalue weighted by Gasteiger charge is 2.27. The Morgan fingerprint density at radius 2 is 1.59 bits per heavy atom. The SMILES string of the molecule is COc1ccc(NC(=O)[C@@H](Cc2ccccc2)NS(=O)(=O)c2ccc(OC)c(C)c2)c(OC)c1. The number of benzene rings is 3. The Kier molecular flexibility index (Phi) is 8.14. The number of hydrogen-bond donors (Lipinski definition) is 2. The number of rotatable bonds is 10. The predicted octanol–water partition coefficient (Wildman–Crippen LogP) is 3.55. The normalized spacial score (nSPS) is 12.0. The molecule has 1 atom stereocenters. The lowest BCUT2D eigenvalue weighted by Gasteiger charge is -2.20. The summed E-state index contributed by atoms with van der Waals surface area (Å²) in [5.41, 5.74) is 1.86. The van der Waals surface area contributed by atoms with Crippen LogP contribution >= 0.6 is 0 Å². The monoisotopic (exact) mass is 484 g/mol. The summed E-state index contributed by atoms with van der Waals surface area (Å²) < 4.78 is 44.7. The van der Waals surface area contributed by atoms with Crippen LogP contribution in [0, 0.1) is 6.92 Å². The molecule has 0 spiro atoms. The lowest BCUT2D eigenvalue weighted by Crippen LogP contribution is -2.45. The van der Waals surface area contributed by atoms with Gasteiger partial charge in [0.1, 0.15) is 23.3 Å². The molecule has 0 saturated heterocycles. The van der Waals surface area contributed by atoms with E-state index in [0.29, 0.717) is 28.5 Å². The number of carbonyl (C=O) groups excluding carboxylic acids is 1. The lowest BCUT2D eigenvalue weighted by molar-refractivity contribution is -0.117. The molecule has 8 nitrogen and oxygen atoms in total. The number of hydrogen-bond acceptors (Lipinski definition) is 6. The lowest BCUT2D eigenvalue weighted by atomic mass is 10.1. The molecule has 0 aliphatic rings. The molecule has 0 aromatic heterocycles. The number of amides is 1. The molecule has 3 aromatic rings. The summed E-state index contributed by atoms with van der Waals surface area (Å²) in [7, 11) is 0.507. The van der Waals surface area contributed by atoms with E-state index in [1.54, 1.807) is 31.2 Å². The Morgan fingerprint density at radius 1 is 0.882 bits per heavy atom. The van der Waals surface area contributed by atoms with Crippen molar-refractivity contribution in [3.63, 3.8) is 0 Å². The van der Waals surface area contributed by atoms with E-state index >= 15 is 0 Å². The molecule has 0 radical (unpaired) electrons. The maximum absolute atomic E-state index is 13.3. The fourth-order valence-corrected chi connectivity index (χ4v) is 4.71. The molecule has 0 fully saturated rings. The fourth-order valence-electron chi connectivity index (χ4n) is 3.43. The van der Waals surface area contributed by atoms with Gasteiger partial charge in [0, 0.05) is 6.07 Å². The minimum atomic E-state index is -4.01. The summed E-state index contributed by atoms with van der Waals surface area (Å²) in [5, 5.41) is 2.77. The highest BCUT2D eigenvalue weighted by Crippen LogP contribution is 2.29. The van der Waals surface area contributed by atoms with Crippen LogP contribution in [0.2, 0.25) is 0 Å². The van der Waals surface area contributed by atoms with Crippen LogP contribution in [0.4, 0.5) is 5.69 Å². The molecule has 9 heteroatoms. The molecular weight excluding hydrogens is 456 g/mol. The summed E-state index contributed by atoms with van der Waals surface area (Å²) in [6.07, 6.45) is 0.152. The molecule has 0 saturated carbocycles. The van der Waals surface area contributed by atoms with Crippen molar-refractivity contribution in [1.29, 1.82) is 0 Å². The first kappa shape index (κ1) is 25.1. The molecule has 0 bridgehead atoms. The molecule has 180 valence electrons. The Bertz CT molecular complexity index is 1250. The number of sulfonamides is 1. The van der Waals surface area contributed by atoms with Gasteiger partial charge in [-0.25, -0.2) is 8.42 Å². The summed E-state index contributed by atoms with van der Waals surface area (Å²) in [6, 6.07) is 17.6. The second-order valence-electron chi connectivity index (χ2n) is 7.55. The Hall–Kier alpha value is -3.56. The minimum Gasteiger partial charge on any atom is -0.497 e. The maximum atomic E-state index is 13.3. The molecule has 2 N–H and O–H groups in total. The number of methoxy groups -OCH3 is 3. The average molecular weight is 485 g/mol. The van der Waals surface area contributed by atoms with Gasteiger partial charge in [0.25, 0.3) is 0 Å². The van der Waals surface area contributed by atoms with E-state index in [4.69, 9.17) is 14.2 Å². The standard InChI is InChI=1S/C25H28N2O6S/c1-17-14-20(11-13-23(17)32-3)34(29,30)27-22(15-18-8-6-5-7-9-18)25(28)26-21-12-10-19(31-2)16-24(21)33-4/h5-14,16,22,27H,15H2,1-4H3,(H,26,28)/t22-/m1/s1. The summed E-state index contributed by atoms with van der Waals surface area (Å²) >= 11 is 0. The van der Waals surface area contributed by atoms with Crippen LogP contribution in [0.3, 0.4) is 0 Å². The highest BCUT2D eigenvalue weighted by molar-refractivity contribution is 7.89. The van der Waals surface area contributed by atoms with Crippen LogP contribution < -0.4 is 24.2 Å². The predicted molar refractivity (Wildman–Crippen MR) is 130 cm³/mol. The van der Waals surface area contributed by atoms with Crippen molar-refractivity contribution in [2.75, 3.05) is 26.6 Å². The molecule has 3 rings (SSSR count). The quantitative estimate of drug-likeness (QED) is 0.456. The Morgan fingerprint density at radius 3 is 2.21 bits per heavy atom. The van der Waals surface area contributed by atoms with E-state index in [1.165, 1.54) is 33.5 Å². The summed E-state index contributed by atoms with van der Waals surface area (Å²) in [5.74, 6) is 0.997. The zero-order valence-corrected chi connectivity index (χ0v) is 20.3. The molecule has 34 heavy (non-hydrogen) atoms. The van der Waals surface area contributed by atoms with Crippen LogP contribution in [0.25, 0.3) is 0 Å². The van der Waals surface area contributed by atoms with E-state index in [-0.39, 0.29) is 11.3 Å². The fraction of sp³-hybridized carbons (Fsp3) is 0.240. The molecule has 0 aliphatic heterocycles. The number of carbonyl (C=O) groups is 1. The van der Waals surface area contributed by atoms with E-state index in [9.17, 15) is 13.2 Å². The molecular formula is C25H28N2O6S. The third kappa shape index (κ3) is 6.06. The molecule has 0 heterocycles. The maximum Gasteiger partial charge on any atom is 0.243 e. The van der Waals surface area contributed by atoms with Crippen molar-refractivity contribution in [2.24, 2.45) is 0 Å². The number of aryl methyl sites for hydroxylation is 1. The summed E-state index contributed by atoms with van der Waals surface area (Å²) in [6.45, 7) is 1.75. The van der Waals surface area contributed by atoms with Gasteiger partial charge in [-0.3, -0.25) is 4.79 Å². The van der Waals surface area contributed by atoms with Gasteiger partial charge in [-0.15, -0.1) is 0 Å². The topological polar surface area (TPSA) is 103 Å². The second kappa shape index (κ2) is 11.0. The third-order valence-corrected chi connectivity index (χ3v) is 6.71. The van der Waals surface area contributed by atoms with Gasteiger partial charge in [0.2, 0.25) is 15.9 Å². The third-order valence-electron chi connectivity index (χ3n) is 5.24. The van der Waals surface area contributed by atoms with Crippen molar-refractivity contribution in [1.82, 2.24) is 4.72 Å². The van der Waals surface area contributed by atoms with Crippen molar-refractivity contribution in [3.05, 3.63) is 77.9 Å². The number of anilines is 1. The Labute approximate surface area is 199 Å². The van der Waals surface area contributed by atoms with E-state index < -0.39 is 22.0 Å². The van der Waals surface area contributed by atoms with E-state index in [0.717, 1.165) is 5.56 Å². The largest absolute Gasteiger partial charge is 0.497 e. The molecule has 3 aromatic carbocycles. The highest BCUT2D eigenvalue weighted by atomic mass is 32.2. The van der Waals surface area contributed by atoms with Crippen LogP contribution in [-0.2, 0) is 21.2 Å². The second-order valence-corrected chi connectivity index (χ2v) is 9.26. The van der Waals surface area contributed by atoms with Gasteiger partial charge in [0.05, 0.1) is 31.9 Å². The van der Waals surface area contributed by atoms with E-state index in [1.807, 2.05) is 30.3 Å². The zero-order valence-electron chi connectivity index (χ0n) is 19.5. The molecule has 0 aliphatic carbocycles. The van der Waals surface area contributed by atoms with Crippen molar-refractivity contribution in [2.45, 2.75) is 24.3 Å². The molecule has 1 amide bonds. The van der Waals surface area contributed by atoms with Gasteiger partial charge in [-0.2, -0.15) is 4.72 Å². The van der Waals surface area contributed by atoms with Gasteiger partial charge >= 0.3 is 0 Å². The van der Waals surface area contributed by atoms with Gasteiger partial charge in [-0.05, 0) is 54.8 Å². The van der Waals surface area contributed by atoms with Gasteiger partial charge < -0.3 is 19.5 Å². The van der Waals surface area contributed by atoms with Crippen molar-refractivity contribution < 1.29 is 27.4 Å². The van der Waals surface area contributed by atoms with Gasteiger partial charge in [-0.1, -0.05) is 30.3 Å². The first-order valence-electron chi connectivity index (χ1n) is 10.5. The average Bonchev–Trinajstić information content (AvgIpc) is 2.84. The molecule has 0 unspecified atom stereocenters. The Balaban J connectivity index is 1.90. The first-order valence-corrected chi connectivity index (χ1v) is 12.0. The first-order chi connectivity index (χ1) is 16.3. The number of nitrogens with one attached hydrogen (secondary N) is 2. The van der Waals surface area contributed by atoms with Crippen molar-refractivity contribution in [3.8, 4) is 17.2 Å². The van der Waals surface area contributed by atoms with Crippen LogP contribution in [-0.4, -0.2) is 41.7 Å². The van der Waals surface area contributed by atoms with Crippen LogP contribution in [0.15, 0.2) is 71.6 Å². The van der Waals surface area contributed by atoms with Crippen molar-refractivity contribution >= 4 is 21.6 Å². The van der Waals surface area contributed by atoms with Crippen LogP contribution in [0.5, 0.6) is 17.2 Å². The minimum absolute atomic E-state index is 0.0405. The van der Waals surface area contributed by atoms with E-state index in [2.05, 4.69) is 10.0 Å². The smallest absolute Gasteiger partial charge is 0.243 e. The van der Waals surface area contributed by atoms with Gasteiger partial charge in [0.15, 0.2) is 0 Å².